The molecule has 76 valence electrons. The van der Waals surface area contributed by atoms with Crippen LogP contribution in [0.1, 0.15) is 38.7 Å². The fourth-order valence-electron chi connectivity index (χ4n) is 2.60. The topological polar surface area (TPSA) is 0 Å². The second-order valence-electron chi connectivity index (χ2n) is 4.72. The smallest absolute Gasteiger partial charge is 0.123 e. The summed E-state index contributed by atoms with van der Waals surface area (Å²) in [5, 5.41) is 0. The zero-order valence-electron chi connectivity index (χ0n) is 8.89. The summed E-state index contributed by atoms with van der Waals surface area (Å²) < 4.78 is 12.8. The summed E-state index contributed by atoms with van der Waals surface area (Å²) in [5.41, 5.74) is 1.57. The predicted molar refractivity (Wildman–Crippen MR) is 56.8 cm³/mol. The molecule has 1 fully saturated rings. The molecule has 2 rings (SSSR count). The zero-order chi connectivity index (χ0) is 10.2. The molecule has 1 heteroatoms. The van der Waals surface area contributed by atoms with Gasteiger partial charge in [0.2, 0.25) is 0 Å². The number of hydrogen-bond acceptors (Lipinski definition) is 0. The van der Waals surface area contributed by atoms with E-state index in [1.165, 1.54) is 24.8 Å². The van der Waals surface area contributed by atoms with E-state index in [0.29, 0.717) is 5.92 Å². The molecule has 0 bridgehead atoms. The lowest BCUT2D eigenvalue weighted by molar-refractivity contribution is 0.371. The summed E-state index contributed by atoms with van der Waals surface area (Å²) >= 11 is 0. The Morgan fingerprint density at radius 2 is 1.93 bits per heavy atom. The normalized spacial score (nSPS) is 32.1. The van der Waals surface area contributed by atoms with Gasteiger partial charge in [-0.05, 0) is 41.9 Å². The number of benzene rings is 1. The summed E-state index contributed by atoms with van der Waals surface area (Å²) in [6.45, 7) is 4.61. The van der Waals surface area contributed by atoms with Crippen LogP contribution in [0.3, 0.4) is 0 Å². The van der Waals surface area contributed by atoms with Crippen molar-refractivity contribution in [2.75, 3.05) is 0 Å². The fourth-order valence-corrected chi connectivity index (χ4v) is 2.60. The van der Waals surface area contributed by atoms with Gasteiger partial charge in [0.25, 0.3) is 0 Å². The van der Waals surface area contributed by atoms with Gasteiger partial charge < -0.3 is 0 Å². The van der Waals surface area contributed by atoms with E-state index in [2.05, 4.69) is 13.8 Å². The van der Waals surface area contributed by atoms with Crippen LogP contribution in [-0.2, 0) is 5.41 Å². The Kier molecular flexibility index (Phi) is 2.34. The zero-order valence-corrected chi connectivity index (χ0v) is 8.89. The molecule has 0 nitrogen and oxygen atoms in total. The van der Waals surface area contributed by atoms with Gasteiger partial charge in [-0.15, -0.1) is 0 Å². The third-order valence-corrected chi connectivity index (χ3v) is 3.92. The van der Waals surface area contributed by atoms with Crippen LogP contribution in [0.2, 0.25) is 0 Å². The maximum atomic E-state index is 12.8. The Balaban J connectivity index is 2.34. The Bertz CT molecular complexity index is 315. The van der Waals surface area contributed by atoms with E-state index >= 15 is 0 Å². The molecule has 0 N–H and O–H groups in total. The molecule has 2 atom stereocenters. The Hall–Kier alpha value is -0.850. The van der Waals surface area contributed by atoms with Crippen molar-refractivity contribution >= 4 is 0 Å². The number of halogens is 1. The second-order valence-corrected chi connectivity index (χ2v) is 4.72. The van der Waals surface area contributed by atoms with Crippen LogP contribution < -0.4 is 0 Å². The molecule has 0 heterocycles. The average molecular weight is 192 g/mol. The van der Waals surface area contributed by atoms with Crippen molar-refractivity contribution < 1.29 is 4.39 Å². The number of hydrogen-bond donors (Lipinski definition) is 0. The Labute approximate surface area is 85.1 Å². The monoisotopic (exact) mass is 192 g/mol. The molecule has 0 aromatic heterocycles. The van der Waals surface area contributed by atoms with Gasteiger partial charge in [-0.3, -0.25) is 0 Å². The lowest BCUT2D eigenvalue weighted by Gasteiger charge is -2.29. The van der Waals surface area contributed by atoms with Crippen LogP contribution in [0.15, 0.2) is 24.3 Å². The first-order chi connectivity index (χ1) is 6.63. The molecule has 0 amide bonds. The van der Waals surface area contributed by atoms with Gasteiger partial charge in [-0.2, -0.15) is 0 Å². The molecule has 1 aliphatic rings. The summed E-state index contributed by atoms with van der Waals surface area (Å²) in [6, 6.07) is 7.03. The van der Waals surface area contributed by atoms with Crippen molar-refractivity contribution in [1.29, 1.82) is 0 Å². The van der Waals surface area contributed by atoms with E-state index in [9.17, 15) is 4.39 Å². The summed E-state index contributed by atoms with van der Waals surface area (Å²) in [7, 11) is 0. The Morgan fingerprint density at radius 3 is 2.43 bits per heavy atom. The molecule has 1 saturated carbocycles. The van der Waals surface area contributed by atoms with Crippen LogP contribution in [0.25, 0.3) is 0 Å². The van der Waals surface area contributed by atoms with E-state index in [-0.39, 0.29) is 11.2 Å². The maximum Gasteiger partial charge on any atom is 0.123 e. The first-order valence-electron chi connectivity index (χ1n) is 5.39. The molecular formula is C13H17F. The van der Waals surface area contributed by atoms with Gasteiger partial charge in [0.15, 0.2) is 0 Å². The lowest BCUT2D eigenvalue weighted by atomic mass is 9.75. The summed E-state index contributed by atoms with van der Waals surface area (Å²) in [6.07, 6.45) is 3.84. The summed E-state index contributed by atoms with van der Waals surface area (Å²) in [4.78, 5) is 0. The van der Waals surface area contributed by atoms with Crippen molar-refractivity contribution in [1.82, 2.24) is 0 Å². The van der Waals surface area contributed by atoms with Gasteiger partial charge >= 0.3 is 0 Å². The van der Waals surface area contributed by atoms with Crippen molar-refractivity contribution in [3.63, 3.8) is 0 Å². The molecule has 0 saturated heterocycles. The molecule has 0 spiro atoms. The van der Waals surface area contributed by atoms with Crippen LogP contribution >= 0.6 is 0 Å². The van der Waals surface area contributed by atoms with Gasteiger partial charge in [0.05, 0.1) is 0 Å². The minimum atomic E-state index is -0.136. The van der Waals surface area contributed by atoms with Crippen molar-refractivity contribution in [2.45, 2.75) is 38.5 Å². The number of rotatable bonds is 1. The first kappa shape index (κ1) is 9.70. The maximum absolute atomic E-state index is 12.8. The molecule has 2 unspecified atom stereocenters. The highest BCUT2D eigenvalue weighted by Gasteiger charge is 2.36. The van der Waals surface area contributed by atoms with Gasteiger partial charge in [0.1, 0.15) is 5.82 Å². The predicted octanol–water partition coefficient (Wildman–Crippen LogP) is 3.90. The third-order valence-electron chi connectivity index (χ3n) is 3.92. The van der Waals surface area contributed by atoms with E-state index in [1.54, 1.807) is 12.1 Å². The third kappa shape index (κ3) is 1.45. The van der Waals surface area contributed by atoms with Crippen LogP contribution in [0, 0.1) is 11.7 Å². The van der Waals surface area contributed by atoms with Crippen LogP contribution in [-0.4, -0.2) is 0 Å². The SMILES string of the molecule is CC1CCCC1(C)c1ccc(F)cc1. The average Bonchev–Trinajstić information content (AvgIpc) is 2.49. The minimum Gasteiger partial charge on any atom is -0.207 e. The summed E-state index contributed by atoms with van der Waals surface area (Å²) in [5.74, 6) is 0.580. The van der Waals surface area contributed by atoms with Crippen molar-refractivity contribution in [3.05, 3.63) is 35.6 Å². The highest BCUT2D eigenvalue weighted by atomic mass is 19.1. The van der Waals surface area contributed by atoms with E-state index < -0.39 is 0 Å². The quantitative estimate of drug-likeness (QED) is 0.633. The van der Waals surface area contributed by atoms with E-state index in [0.717, 1.165) is 0 Å². The molecule has 1 aromatic carbocycles. The van der Waals surface area contributed by atoms with Gasteiger partial charge in [-0.25, -0.2) is 4.39 Å². The Morgan fingerprint density at radius 1 is 1.29 bits per heavy atom. The largest absolute Gasteiger partial charge is 0.207 e. The molecular weight excluding hydrogens is 175 g/mol. The van der Waals surface area contributed by atoms with Crippen LogP contribution in [0.5, 0.6) is 0 Å². The van der Waals surface area contributed by atoms with E-state index in [4.69, 9.17) is 0 Å². The van der Waals surface area contributed by atoms with E-state index in [1.807, 2.05) is 12.1 Å². The van der Waals surface area contributed by atoms with Gasteiger partial charge in [-0.1, -0.05) is 32.4 Å². The first-order valence-corrected chi connectivity index (χ1v) is 5.39. The molecule has 0 radical (unpaired) electrons. The van der Waals surface area contributed by atoms with Crippen molar-refractivity contribution in [2.24, 2.45) is 5.92 Å². The molecule has 1 aromatic rings. The second kappa shape index (κ2) is 3.38. The molecule has 14 heavy (non-hydrogen) atoms. The highest BCUT2D eigenvalue weighted by molar-refractivity contribution is 5.27. The minimum absolute atomic E-state index is 0.136. The molecule has 1 aliphatic carbocycles. The van der Waals surface area contributed by atoms with Crippen molar-refractivity contribution in [3.8, 4) is 0 Å². The molecule has 0 aliphatic heterocycles. The standard InChI is InChI=1S/C13H17F/c1-10-4-3-9-13(10,2)11-5-7-12(14)8-6-11/h5-8,10H,3-4,9H2,1-2H3. The lowest BCUT2D eigenvalue weighted by Crippen LogP contribution is -2.24. The van der Waals surface area contributed by atoms with Crippen LogP contribution in [0.4, 0.5) is 4.39 Å². The van der Waals surface area contributed by atoms with Gasteiger partial charge in [0, 0.05) is 0 Å². The highest BCUT2D eigenvalue weighted by Crippen LogP contribution is 2.44. The fraction of sp³-hybridized carbons (Fsp3) is 0.538.